The molecule has 1 aromatic carbocycles. The maximum absolute atomic E-state index is 12.3. The van der Waals surface area contributed by atoms with Crippen molar-refractivity contribution >= 4 is 28.9 Å². The number of nitrogens with one attached hydrogen (secondary N) is 1. The lowest BCUT2D eigenvalue weighted by atomic mass is 10.3. The fourth-order valence-electron chi connectivity index (χ4n) is 1.71. The van der Waals surface area contributed by atoms with Crippen LogP contribution in [0, 0.1) is 0 Å². The van der Waals surface area contributed by atoms with Crippen LogP contribution in [0.5, 0.6) is 5.75 Å². The van der Waals surface area contributed by atoms with Crippen LogP contribution in [-0.4, -0.2) is 31.8 Å². The average molecular weight is 359 g/mol. The van der Waals surface area contributed by atoms with Crippen LogP contribution in [0.2, 0.25) is 0 Å². The van der Waals surface area contributed by atoms with E-state index in [0.29, 0.717) is 0 Å². The van der Waals surface area contributed by atoms with Crippen molar-refractivity contribution in [1.82, 2.24) is 0 Å². The molecular weight excluding hydrogens is 347 g/mol. The van der Waals surface area contributed by atoms with Crippen molar-refractivity contribution < 1.29 is 32.2 Å². The minimum atomic E-state index is -4.49. The molecule has 1 amide bonds. The number of rotatable bonds is 5. The van der Waals surface area contributed by atoms with Crippen molar-refractivity contribution in [2.24, 2.45) is 0 Å². The predicted octanol–water partition coefficient (Wildman–Crippen LogP) is 3.73. The molecular formula is C15H12F3NO4S. The van der Waals surface area contributed by atoms with E-state index in [2.05, 4.69) is 14.8 Å². The number of halogens is 3. The van der Waals surface area contributed by atoms with Gasteiger partial charge in [-0.1, -0.05) is 12.1 Å². The van der Waals surface area contributed by atoms with Crippen molar-refractivity contribution in [3.05, 3.63) is 46.2 Å². The second kappa shape index (κ2) is 7.35. The summed E-state index contributed by atoms with van der Waals surface area (Å²) in [4.78, 5) is 24.0. The number of esters is 1. The van der Waals surface area contributed by atoms with E-state index in [1.807, 2.05) is 0 Å². The molecule has 0 saturated heterocycles. The Morgan fingerprint density at radius 3 is 2.46 bits per heavy atom. The van der Waals surface area contributed by atoms with Gasteiger partial charge >= 0.3 is 12.1 Å². The topological polar surface area (TPSA) is 64.6 Å². The highest BCUT2D eigenvalue weighted by Crippen LogP contribution is 2.27. The van der Waals surface area contributed by atoms with E-state index in [1.165, 1.54) is 37.4 Å². The second-order valence-corrected chi connectivity index (χ2v) is 5.59. The van der Waals surface area contributed by atoms with Crippen LogP contribution >= 0.6 is 11.3 Å². The van der Waals surface area contributed by atoms with Crippen molar-refractivity contribution in [3.63, 3.8) is 0 Å². The number of amides is 1. The summed E-state index contributed by atoms with van der Waals surface area (Å²) in [5.41, 5.74) is 0.0970. The van der Waals surface area contributed by atoms with E-state index in [-0.39, 0.29) is 21.2 Å². The highest BCUT2D eigenvalue weighted by atomic mass is 32.1. The molecule has 0 atom stereocenters. The van der Waals surface area contributed by atoms with Gasteiger partial charge in [0, 0.05) is 0 Å². The maximum atomic E-state index is 12.3. The van der Waals surface area contributed by atoms with E-state index in [1.54, 1.807) is 6.07 Å². The Labute approximate surface area is 139 Å². The Morgan fingerprint density at radius 1 is 1.12 bits per heavy atom. The summed E-state index contributed by atoms with van der Waals surface area (Å²) >= 11 is 0.909. The lowest BCUT2D eigenvalue weighted by molar-refractivity contribution is -0.153. The monoisotopic (exact) mass is 359 g/mol. The maximum Gasteiger partial charge on any atom is 0.422 e. The normalized spacial score (nSPS) is 11.0. The average Bonchev–Trinajstić information content (AvgIpc) is 3.02. The van der Waals surface area contributed by atoms with Gasteiger partial charge in [0.2, 0.25) is 0 Å². The molecule has 1 heterocycles. The Hall–Kier alpha value is -2.55. The highest BCUT2D eigenvalue weighted by molar-refractivity contribution is 7.16. The SMILES string of the molecule is COC(=O)c1ccc(C(=O)Nc2ccccc2OCC(F)(F)F)s1. The molecule has 0 fully saturated rings. The van der Waals surface area contributed by atoms with Crippen molar-refractivity contribution in [1.29, 1.82) is 0 Å². The van der Waals surface area contributed by atoms with Crippen LogP contribution in [-0.2, 0) is 4.74 Å². The predicted molar refractivity (Wildman–Crippen MR) is 81.6 cm³/mol. The van der Waals surface area contributed by atoms with Gasteiger partial charge in [0.1, 0.15) is 10.6 Å². The number of carbonyl (C=O) groups is 2. The Balaban J connectivity index is 2.11. The Kier molecular flexibility index (Phi) is 5.45. The summed E-state index contributed by atoms with van der Waals surface area (Å²) in [6.45, 7) is -1.47. The zero-order valence-electron chi connectivity index (χ0n) is 12.3. The van der Waals surface area contributed by atoms with Gasteiger partial charge in [-0.25, -0.2) is 4.79 Å². The molecule has 0 radical (unpaired) electrons. The molecule has 9 heteroatoms. The third kappa shape index (κ3) is 4.72. The number of para-hydroxylation sites is 2. The first-order valence-electron chi connectivity index (χ1n) is 6.58. The third-order valence-corrected chi connectivity index (χ3v) is 3.81. The van der Waals surface area contributed by atoms with Gasteiger partial charge in [-0.3, -0.25) is 4.79 Å². The summed E-state index contributed by atoms with van der Waals surface area (Å²) in [7, 11) is 1.22. The van der Waals surface area contributed by atoms with Gasteiger partial charge in [-0.15, -0.1) is 11.3 Å². The van der Waals surface area contributed by atoms with Crippen LogP contribution in [0.3, 0.4) is 0 Å². The Bertz CT molecular complexity index is 742. The van der Waals surface area contributed by atoms with E-state index >= 15 is 0 Å². The molecule has 24 heavy (non-hydrogen) atoms. The molecule has 1 aromatic heterocycles. The summed E-state index contributed by atoms with van der Waals surface area (Å²) in [6.07, 6.45) is -4.49. The summed E-state index contributed by atoms with van der Waals surface area (Å²) in [5.74, 6) is -1.25. The summed E-state index contributed by atoms with van der Waals surface area (Å²) in [6, 6.07) is 8.61. The first-order chi connectivity index (χ1) is 11.3. The minimum absolute atomic E-state index is 0.0970. The summed E-state index contributed by atoms with van der Waals surface area (Å²) < 4.78 is 46.0. The van der Waals surface area contributed by atoms with Crippen molar-refractivity contribution in [3.8, 4) is 5.75 Å². The number of anilines is 1. The number of carbonyl (C=O) groups excluding carboxylic acids is 2. The van der Waals surface area contributed by atoms with Crippen LogP contribution in [0.15, 0.2) is 36.4 Å². The molecule has 0 saturated carbocycles. The Morgan fingerprint density at radius 2 is 1.79 bits per heavy atom. The molecule has 0 aliphatic carbocycles. The molecule has 0 aliphatic heterocycles. The smallest absolute Gasteiger partial charge is 0.422 e. The van der Waals surface area contributed by atoms with E-state index in [4.69, 9.17) is 0 Å². The molecule has 0 spiro atoms. The lowest BCUT2D eigenvalue weighted by Crippen LogP contribution is -2.20. The number of methoxy groups -OCH3 is 1. The zero-order chi connectivity index (χ0) is 17.7. The molecule has 2 rings (SSSR count). The van der Waals surface area contributed by atoms with E-state index in [0.717, 1.165) is 11.3 Å². The van der Waals surface area contributed by atoms with Crippen LogP contribution in [0.25, 0.3) is 0 Å². The molecule has 5 nitrogen and oxygen atoms in total. The standard InChI is InChI=1S/C15H12F3NO4S/c1-22-14(21)12-7-6-11(24-12)13(20)19-9-4-2-3-5-10(9)23-8-15(16,17)18/h2-7H,8H2,1H3,(H,19,20). The largest absolute Gasteiger partial charge is 0.482 e. The van der Waals surface area contributed by atoms with Gasteiger partial charge < -0.3 is 14.8 Å². The fourth-order valence-corrected chi connectivity index (χ4v) is 2.53. The first-order valence-corrected chi connectivity index (χ1v) is 7.40. The van der Waals surface area contributed by atoms with E-state index < -0.39 is 24.7 Å². The molecule has 0 bridgehead atoms. The summed E-state index contributed by atoms with van der Waals surface area (Å²) in [5, 5.41) is 2.46. The van der Waals surface area contributed by atoms with Gasteiger partial charge in [-0.05, 0) is 24.3 Å². The molecule has 0 aliphatic rings. The van der Waals surface area contributed by atoms with Crippen molar-refractivity contribution in [2.45, 2.75) is 6.18 Å². The van der Waals surface area contributed by atoms with Gasteiger partial charge in [0.15, 0.2) is 6.61 Å². The second-order valence-electron chi connectivity index (χ2n) is 4.51. The number of ether oxygens (including phenoxy) is 2. The highest BCUT2D eigenvalue weighted by Gasteiger charge is 2.29. The third-order valence-electron chi connectivity index (χ3n) is 2.74. The number of thiophene rings is 1. The van der Waals surface area contributed by atoms with Crippen LogP contribution in [0.1, 0.15) is 19.3 Å². The molecule has 0 unspecified atom stereocenters. The quantitative estimate of drug-likeness (QED) is 0.827. The van der Waals surface area contributed by atoms with Crippen LogP contribution in [0.4, 0.5) is 18.9 Å². The van der Waals surface area contributed by atoms with Gasteiger partial charge in [-0.2, -0.15) is 13.2 Å². The van der Waals surface area contributed by atoms with Crippen LogP contribution < -0.4 is 10.1 Å². The number of hydrogen-bond acceptors (Lipinski definition) is 5. The number of hydrogen-bond donors (Lipinski definition) is 1. The zero-order valence-corrected chi connectivity index (χ0v) is 13.2. The number of benzene rings is 1. The molecule has 1 N–H and O–H groups in total. The lowest BCUT2D eigenvalue weighted by Gasteiger charge is -2.13. The van der Waals surface area contributed by atoms with E-state index in [9.17, 15) is 22.8 Å². The van der Waals surface area contributed by atoms with Crippen molar-refractivity contribution in [2.75, 3.05) is 19.0 Å². The first kappa shape index (κ1) is 17.8. The van der Waals surface area contributed by atoms with Gasteiger partial charge in [0.05, 0.1) is 17.7 Å². The molecule has 128 valence electrons. The number of alkyl halides is 3. The molecule has 2 aromatic rings. The minimum Gasteiger partial charge on any atom is -0.482 e. The van der Waals surface area contributed by atoms with Gasteiger partial charge in [0.25, 0.3) is 5.91 Å². The fraction of sp³-hybridized carbons (Fsp3) is 0.200.